The minimum absolute atomic E-state index is 0.453. The fourth-order valence-corrected chi connectivity index (χ4v) is 2.36. The van der Waals surface area contributed by atoms with Crippen LogP contribution in [0.1, 0.15) is 15.9 Å². The predicted molar refractivity (Wildman–Crippen MR) is 69.9 cm³/mol. The van der Waals surface area contributed by atoms with Gasteiger partial charge in [-0.1, -0.05) is 29.8 Å². The first-order valence-corrected chi connectivity index (χ1v) is 6.42. The largest absolute Gasteiger partial charge is 0.403 e. The molecule has 9 heteroatoms. The van der Waals surface area contributed by atoms with Crippen LogP contribution in [0, 0.1) is 17.0 Å². The fraction of sp³-hybridized carbons (Fsp3) is 0.357. The van der Waals surface area contributed by atoms with E-state index >= 15 is 0 Å². The zero-order valence-electron chi connectivity index (χ0n) is 11.7. The Morgan fingerprint density at radius 2 is 1.52 bits per heavy atom. The summed E-state index contributed by atoms with van der Waals surface area (Å²) in [6, 6.07) is 4.87. The van der Waals surface area contributed by atoms with Gasteiger partial charge in [-0.15, -0.1) is 0 Å². The third-order valence-corrected chi connectivity index (χ3v) is 3.69. The van der Waals surface area contributed by atoms with Crippen LogP contribution >= 0.6 is 0 Å². The molecule has 6 nitrogen and oxygen atoms in total. The molecule has 1 fully saturated rings. The molecule has 0 saturated heterocycles. The van der Waals surface area contributed by atoms with E-state index in [0.29, 0.717) is 5.56 Å². The number of ketones is 3. The van der Waals surface area contributed by atoms with Crippen molar-refractivity contribution in [3.05, 3.63) is 45.5 Å². The van der Waals surface area contributed by atoms with Crippen molar-refractivity contribution in [1.29, 1.82) is 0 Å². The molecule has 1 aromatic rings. The van der Waals surface area contributed by atoms with E-state index in [2.05, 4.69) is 0 Å². The third-order valence-electron chi connectivity index (χ3n) is 3.69. The molecule has 0 N–H and O–H groups in total. The molecule has 0 spiro atoms. The molecular formula is C14H10F3NO5. The highest BCUT2D eigenvalue weighted by Crippen LogP contribution is 2.34. The minimum atomic E-state index is -3.81. The summed E-state index contributed by atoms with van der Waals surface area (Å²) in [6.07, 6.45) is -9.72. The Labute approximate surface area is 127 Å². The van der Waals surface area contributed by atoms with Crippen LogP contribution in [0.5, 0.6) is 0 Å². The van der Waals surface area contributed by atoms with Gasteiger partial charge in [-0.2, -0.15) is 0 Å². The van der Waals surface area contributed by atoms with Crippen LogP contribution in [0.25, 0.3) is 0 Å². The Bertz CT molecular complexity index is 681. The summed E-state index contributed by atoms with van der Waals surface area (Å²) < 4.78 is 40.5. The van der Waals surface area contributed by atoms with Gasteiger partial charge in [-0.05, 0) is 6.92 Å². The number of rotatable bonds is 3. The summed E-state index contributed by atoms with van der Waals surface area (Å²) in [7, 11) is 0. The van der Waals surface area contributed by atoms with E-state index in [1.54, 1.807) is 6.92 Å². The number of halogens is 3. The van der Waals surface area contributed by atoms with Crippen molar-refractivity contribution in [3.63, 3.8) is 0 Å². The zero-order chi connectivity index (χ0) is 17.5. The maximum Gasteiger partial charge on any atom is 0.403 e. The first-order valence-electron chi connectivity index (χ1n) is 6.42. The van der Waals surface area contributed by atoms with Gasteiger partial charge in [0.05, 0.1) is 4.92 Å². The van der Waals surface area contributed by atoms with Gasteiger partial charge in [0, 0.05) is 5.56 Å². The number of carbonyl (C=O) groups is 3. The molecule has 0 bridgehead atoms. The molecule has 1 saturated carbocycles. The van der Waals surface area contributed by atoms with Gasteiger partial charge < -0.3 is 0 Å². The number of hydrogen-bond donors (Lipinski definition) is 0. The van der Waals surface area contributed by atoms with E-state index in [9.17, 15) is 37.7 Å². The number of nitrogens with zero attached hydrogens (tertiary/aromatic N) is 1. The minimum Gasteiger partial charge on any atom is -0.287 e. The Kier molecular flexibility index (Phi) is 4.06. The molecule has 0 aromatic heterocycles. The molecule has 122 valence electrons. The molecule has 0 radical (unpaired) electrons. The summed E-state index contributed by atoms with van der Waals surface area (Å²) in [5, 5.41) is 11.3. The summed E-state index contributed by atoms with van der Waals surface area (Å²) in [4.78, 5) is 45.7. The Balaban J connectivity index is 2.65. The second-order valence-electron chi connectivity index (χ2n) is 5.14. The lowest BCUT2D eigenvalue weighted by Crippen LogP contribution is -2.70. The number of benzene rings is 1. The number of hydrogen-bond acceptors (Lipinski definition) is 5. The average molecular weight is 329 g/mol. The molecule has 0 heterocycles. The van der Waals surface area contributed by atoms with Crippen molar-refractivity contribution in [1.82, 2.24) is 0 Å². The fourth-order valence-electron chi connectivity index (χ4n) is 2.36. The maximum absolute atomic E-state index is 13.6. The second-order valence-corrected chi connectivity index (χ2v) is 5.14. The number of nitro groups is 1. The van der Waals surface area contributed by atoms with Gasteiger partial charge in [0.2, 0.25) is 12.3 Å². The van der Waals surface area contributed by atoms with Crippen molar-refractivity contribution < 1.29 is 32.5 Å². The molecular weight excluding hydrogens is 319 g/mol. The van der Waals surface area contributed by atoms with Gasteiger partial charge in [0.15, 0.2) is 6.17 Å². The van der Waals surface area contributed by atoms with Crippen molar-refractivity contribution in [3.8, 4) is 0 Å². The van der Waals surface area contributed by atoms with Crippen molar-refractivity contribution in [2.45, 2.75) is 31.0 Å². The number of aryl methyl sites for hydroxylation is 1. The van der Waals surface area contributed by atoms with Crippen LogP contribution in [0.3, 0.4) is 0 Å². The lowest BCUT2D eigenvalue weighted by Gasteiger charge is -2.30. The quantitative estimate of drug-likeness (QED) is 0.361. The van der Waals surface area contributed by atoms with E-state index in [-0.39, 0.29) is 0 Å². The van der Waals surface area contributed by atoms with E-state index in [1.807, 2.05) is 0 Å². The highest BCUT2D eigenvalue weighted by molar-refractivity contribution is 6.35. The summed E-state index contributed by atoms with van der Waals surface area (Å²) in [6.45, 7) is 1.64. The average Bonchev–Trinajstić information content (AvgIpc) is 2.52. The van der Waals surface area contributed by atoms with Crippen molar-refractivity contribution >= 4 is 17.3 Å². The normalized spacial score (nSPS) is 31.0. The van der Waals surface area contributed by atoms with Gasteiger partial charge in [0.25, 0.3) is 17.3 Å². The van der Waals surface area contributed by atoms with Gasteiger partial charge in [0.1, 0.15) is 0 Å². The first kappa shape index (κ1) is 16.8. The standard InChI is InChI=1S/C14H10F3NO5/c1-6-2-4-7(5-3-6)11(19)14(18(22)23)12(20)9(16)8(15)10(17)13(14)21/h2-5,8-10H,1H3. The van der Waals surface area contributed by atoms with Crippen LogP contribution in [-0.2, 0) is 9.59 Å². The number of carbonyl (C=O) groups excluding carboxylic acids is 3. The Morgan fingerprint density at radius 3 is 1.91 bits per heavy atom. The number of alkyl halides is 3. The molecule has 2 unspecified atom stereocenters. The Hall–Kier alpha value is -2.58. The van der Waals surface area contributed by atoms with Gasteiger partial charge in [-0.25, -0.2) is 13.2 Å². The molecule has 2 atom stereocenters. The zero-order valence-corrected chi connectivity index (χ0v) is 11.7. The smallest absolute Gasteiger partial charge is 0.287 e. The van der Waals surface area contributed by atoms with Crippen LogP contribution in [0.15, 0.2) is 24.3 Å². The highest BCUT2D eigenvalue weighted by Gasteiger charge is 2.73. The summed E-state index contributed by atoms with van der Waals surface area (Å²) >= 11 is 0. The van der Waals surface area contributed by atoms with E-state index < -0.39 is 51.9 Å². The topological polar surface area (TPSA) is 94.3 Å². The third kappa shape index (κ3) is 2.23. The monoisotopic (exact) mass is 329 g/mol. The molecule has 1 aliphatic carbocycles. The van der Waals surface area contributed by atoms with Gasteiger partial charge in [-0.3, -0.25) is 24.5 Å². The Morgan fingerprint density at radius 1 is 1.09 bits per heavy atom. The first-order chi connectivity index (χ1) is 10.7. The lowest BCUT2D eigenvalue weighted by molar-refractivity contribution is -0.519. The molecule has 0 aliphatic heterocycles. The van der Waals surface area contributed by atoms with Crippen molar-refractivity contribution in [2.75, 3.05) is 0 Å². The van der Waals surface area contributed by atoms with Crippen LogP contribution in [0.4, 0.5) is 13.2 Å². The second kappa shape index (κ2) is 5.56. The number of Topliss-reactive ketones (excluding diaryl/α,β-unsaturated/α-hetero) is 3. The maximum atomic E-state index is 13.6. The van der Waals surface area contributed by atoms with Crippen LogP contribution in [0.2, 0.25) is 0 Å². The van der Waals surface area contributed by atoms with Crippen molar-refractivity contribution in [2.24, 2.45) is 0 Å². The van der Waals surface area contributed by atoms with E-state index in [1.165, 1.54) is 12.1 Å². The van der Waals surface area contributed by atoms with Crippen LogP contribution in [-0.4, -0.2) is 46.3 Å². The predicted octanol–water partition coefficient (Wildman–Crippen LogP) is 1.36. The molecule has 1 aliphatic rings. The van der Waals surface area contributed by atoms with Crippen LogP contribution < -0.4 is 0 Å². The summed E-state index contributed by atoms with van der Waals surface area (Å²) in [5.41, 5.74) is -3.60. The molecule has 23 heavy (non-hydrogen) atoms. The lowest BCUT2D eigenvalue weighted by atomic mass is 9.72. The van der Waals surface area contributed by atoms with E-state index in [4.69, 9.17) is 0 Å². The summed E-state index contributed by atoms with van der Waals surface area (Å²) in [5.74, 6) is -6.08. The highest BCUT2D eigenvalue weighted by atomic mass is 19.2. The van der Waals surface area contributed by atoms with Gasteiger partial charge >= 0.3 is 5.54 Å². The SMILES string of the molecule is Cc1ccc(C(=O)C2([N+](=O)[O-])C(=O)C(F)C(F)C(F)C2=O)cc1. The molecule has 1 aromatic carbocycles. The molecule has 0 amide bonds. The van der Waals surface area contributed by atoms with E-state index in [0.717, 1.165) is 12.1 Å². The molecule has 2 rings (SSSR count).